The minimum Gasteiger partial charge on any atom is -0.489 e. The van der Waals surface area contributed by atoms with Gasteiger partial charge in [0.05, 0.1) is 30.7 Å². The maximum absolute atomic E-state index is 10.8. The fourth-order valence-corrected chi connectivity index (χ4v) is 2.26. The summed E-state index contributed by atoms with van der Waals surface area (Å²) in [5.74, 6) is -0.103. The Kier molecular flexibility index (Phi) is 4.68. The molecule has 0 aliphatic carbocycles. The van der Waals surface area contributed by atoms with Crippen LogP contribution in [0.5, 0.6) is 11.5 Å². The van der Waals surface area contributed by atoms with Crippen LogP contribution in [0.15, 0.2) is 12.1 Å². The van der Waals surface area contributed by atoms with Crippen molar-refractivity contribution in [3.05, 3.63) is 22.7 Å². The Bertz CT molecular complexity index is 520. The van der Waals surface area contributed by atoms with Crippen molar-refractivity contribution in [3.8, 4) is 11.5 Å². The molecule has 108 valence electrons. The second-order valence-corrected chi connectivity index (χ2v) is 4.72. The van der Waals surface area contributed by atoms with E-state index >= 15 is 0 Å². The van der Waals surface area contributed by atoms with E-state index in [-0.39, 0.29) is 6.42 Å². The number of amides is 1. The molecule has 1 aromatic rings. The second kappa shape index (κ2) is 6.47. The molecule has 20 heavy (non-hydrogen) atoms. The molecule has 1 aliphatic heterocycles. The maximum atomic E-state index is 10.8. The Hall–Kier alpha value is -1.95. The van der Waals surface area contributed by atoms with Crippen molar-refractivity contribution < 1.29 is 24.2 Å². The number of carboxylic acids is 1. The monoisotopic (exact) mass is 299 g/mol. The van der Waals surface area contributed by atoms with Crippen molar-refractivity contribution in [1.29, 1.82) is 0 Å². The number of carbonyl (C=O) groups is 2. The van der Waals surface area contributed by atoms with Crippen LogP contribution >= 0.6 is 11.6 Å². The van der Waals surface area contributed by atoms with Crippen LogP contribution in [0.25, 0.3) is 0 Å². The van der Waals surface area contributed by atoms with Gasteiger partial charge in [0, 0.05) is 6.42 Å². The second-order valence-electron chi connectivity index (χ2n) is 4.32. The highest BCUT2D eigenvalue weighted by Gasteiger charge is 2.21. The molecule has 7 heteroatoms. The minimum absolute atomic E-state index is 0.241. The lowest BCUT2D eigenvalue weighted by Gasteiger charge is -2.17. The quantitative estimate of drug-likeness (QED) is 0.809. The predicted molar refractivity (Wildman–Crippen MR) is 71.3 cm³/mol. The molecule has 0 unspecified atom stereocenters. The highest BCUT2D eigenvalue weighted by molar-refractivity contribution is 6.32. The number of nitrogens with one attached hydrogen (secondary N) is 1. The number of carboxylic acid groups (broad SMARTS) is 1. The first-order valence-electron chi connectivity index (χ1n) is 6.12. The summed E-state index contributed by atoms with van der Waals surface area (Å²) < 4.78 is 11.0. The summed E-state index contributed by atoms with van der Waals surface area (Å²) in [7, 11) is 0. The zero-order valence-corrected chi connectivity index (χ0v) is 11.4. The number of hydrogen-bond donors (Lipinski definition) is 2. The molecule has 0 saturated carbocycles. The van der Waals surface area contributed by atoms with Crippen LogP contribution in [-0.2, 0) is 9.59 Å². The Morgan fingerprint density at radius 2 is 2.20 bits per heavy atom. The summed E-state index contributed by atoms with van der Waals surface area (Å²) in [6, 6.07) is 2.56. The van der Waals surface area contributed by atoms with Crippen LogP contribution in [0, 0.1) is 0 Å². The van der Waals surface area contributed by atoms with Crippen molar-refractivity contribution in [1.82, 2.24) is 5.32 Å². The molecule has 1 aromatic carbocycles. The van der Waals surface area contributed by atoms with E-state index in [1.807, 2.05) is 0 Å². The Labute approximate surface area is 120 Å². The topological polar surface area (TPSA) is 84.9 Å². The van der Waals surface area contributed by atoms with Crippen LogP contribution in [0.1, 0.15) is 24.4 Å². The number of rotatable bonds is 5. The van der Waals surface area contributed by atoms with Gasteiger partial charge in [-0.1, -0.05) is 11.6 Å². The minimum atomic E-state index is -1.02. The van der Waals surface area contributed by atoms with Gasteiger partial charge < -0.3 is 19.9 Å². The standard InChI is InChI=1S/C13H14ClNO5/c14-9-4-8(10(15-7-16)6-12(17)18)5-11-13(9)20-3-1-2-19-11/h4-5,7,10H,1-3,6H2,(H,15,16)(H,17,18)/t10-/m1/s1. The molecule has 0 radical (unpaired) electrons. The van der Waals surface area contributed by atoms with Crippen LogP contribution in [-0.4, -0.2) is 30.7 Å². The number of fused-ring (bicyclic) bond motifs is 1. The van der Waals surface area contributed by atoms with Gasteiger partial charge >= 0.3 is 5.97 Å². The van der Waals surface area contributed by atoms with Crippen LogP contribution in [0.2, 0.25) is 5.02 Å². The molecular weight excluding hydrogens is 286 g/mol. The number of halogens is 1. The first-order valence-corrected chi connectivity index (χ1v) is 6.50. The number of aliphatic carboxylic acids is 1. The van der Waals surface area contributed by atoms with E-state index in [4.69, 9.17) is 26.2 Å². The summed E-state index contributed by atoms with van der Waals surface area (Å²) >= 11 is 6.13. The van der Waals surface area contributed by atoms with Gasteiger partial charge in [0.25, 0.3) is 0 Å². The van der Waals surface area contributed by atoms with Crippen molar-refractivity contribution in [2.75, 3.05) is 13.2 Å². The van der Waals surface area contributed by atoms with E-state index < -0.39 is 12.0 Å². The lowest BCUT2D eigenvalue weighted by atomic mass is 10.0. The van der Waals surface area contributed by atoms with Crippen molar-refractivity contribution >= 4 is 24.0 Å². The molecule has 0 aromatic heterocycles. The van der Waals surface area contributed by atoms with E-state index in [1.54, 1.807) is 12.1 Å². The average Bonchev–Trinajstić information content (AvgIpc) is 2.63. The molecular formula is C13H14ClNO5. The molecule has 1 atom stereocenters. The molecule has 1 aliphatic rings. The van der Waals surface area contributed by atoms with Gasteiger partial charge in [-0.25, -0.2) is 0 Å². The van der Waals surface area contributed by atoms with Gasteiger partial charge in [-0.05, 0) is 17.7 Å². The summed E-state index contributed by atoms with van der Waals surface area (Å²) in [5, 5.41) is 11.7. The summed E-state index contributed by atoms with van der Waals surface area (Å²) in [5.41, 5.74) is 0.564. The Morgan fingerprint density at radius 3 is 2.90 bits per heavy atom. The number of carbonyl (C=O) groups excluding carboxylic acids is 1. The van der Waals surface area contributed by atoms with Gasteiger partial charge in [0.15, 0.2) is 11.5 Å². The molecule has 2 N–H and O–H groups in total. The fraction of sp³-hybridized carbons (Fsp3) is 0.385. The van der Waals surface area contributed by atoms with Gasteiger partial charge in [0.2, 0.25) is 6.41 Å². The van der Waals surface area contributed by atoms with E-state index in [0.717, 1.165) is 6.42 Å². The van der Waals surface area contributed by atoms with Crippen molar-refractivity contribution in [2.45, 2.75) is 18.9 Å². The smallest absolute Gasteiger partial charge is 0.305 e. The fourth-order valence-electron chi connectivity index (χ4n) is 1.98. The molecule has 0 bridgehead atoms. The van der Waals surface area contributed by atoms with E-state index in [0.29, 0.717) is 41.7 Å². The zero-order chi connectivity index (χ0) is 14.5. The molecule has 0 fully saturated rings. The Balaban J connectivity index is 2.35. The molecule has 1 heterocycles. The summed E-state index contributed by atoms with van der Waals surface area (Å²) in [6.07, 6.45) is 0.963. The van der Waals surface area contributed by atoms with E-state index in [1.165, 1.54) is 0 Å². The lowest BCUT2D eigenvalue weighted by molar-refractivity contribution is -0.137. The van der Waals surface area contributed by atoms with E-state index in [2.05, 4.69) is 5.32 Å². The maximum Gasteiger partial charge on any atom is 0.305 e. The Morgan fingerprint density at radius 1 is 1.45 bits per heavy atom. The van der Waals surface area contributed by atoms with Crippen LogP contribution in [0.3, 0.4) is 0 Å². The highest BCUT2D eigenvalue weighted by Crippen LogP contribution is 2.39. The SMILES string of the molecule is O=CN[C@H](CC(=O)O)c1cc(Cl)c2c(c1)OCCCO2. The third-order valence-corrected chi connectivity index (χ3v) is 3.16. The molecule has 6 nitrogen and oxygen atoms in total. The molecule has 1 amide bonds. The number of benzene rings is 1. The predicted octanol–water partition coefficient (Wildman–Crippen LogP) is 1.76. The first-order chi connectivity index (χ1) is 9.61. The zero-order valence-electron chi connectivity index (χ0n) is 10.6. The highest BCUT2D eigenvalue weighted by atomic mass is 35.5. The largest absolute Gasteiger partial charge is 0.489 e. The van der Waals surface area contributed by atoms with Gasteiger partial charge in [-0.2, -0.15) is 0 Å². The number of hydrogen-bond acceptors (Lipinski definition) is 4. The summed E-state index contributed by atoms with van der Waals surface area (Å²) in [6.45, 7) is 1.01. The molecule has 0 saturated heterocycles. The van der Waals surface area contributed by atoms with Crippen LogP contribution < -0.4 is 14.8 Å². The van der Waals surface area contributed by atoms with E-state index in [9.17, 15) is 9.59 Å². The average molecular weight is 300 g/mol. The van der Waals surface area contributed by atoms with Crippen molar-refractivity contribution in [3.63, 3.8) is 0 Å². The molecule has 2 rings (SSSR count). The number of ether oxygens (including phenoxy) is 2. The lowest BCUT2D eigenvalue weighted by Crippen LogP contribution is -2.22. The normalized spacial score (nSPS) is 15.1. The van der Waals surface area contributed by atoms with Crippen LogP contribution in [0.4, 0.5) is 0 Å². The van der Waals surface area contributed by atoms with Gasteiger partial charge in [0.1, 0.15) is 0 Å². The van der Waals surface area contributed by atoms with Gasteiger partial charge in [-0.3, -0.25) is 9.59 Å². The third-order valence-electron chi connectivity index (χ3n) is 2.87. The first kappa shape index (κ1) is 14.5. The summed E-state index contributed by atoms with van der Waals surface area (Å²) in [4.78, 5) is 21.4. The van der Waals surface area contributed by atoms with Gasteiger partial charge in [-0.15, -0.1) is 0 Å². The molecule has 0 spiro atoms. The van der Waals surface area contributed by atoms with Crippen molar-refractivity contribution in [2.24, 2.45) is 0 Å². The third kappa shape index (κ3) is 3.33.